The molecule has 0 aromatic heterocycles. The highest BCUT2D eigenvalue weighted by molar-refractivity contribution is 5.96. The zero-order chi connectivity index (χ0) is 23.0. The van der Waals surface area contributed by atoms with Crippen molar-refractivity contribution in [3.05, 3.63) is 12.2 Å². The Hall–Kier alpha value is -1.89. The van der Waals surface area contributed by atoms with Crippen LogP contribution in [0.3, 0.4) is 0 Å². The molecule has 0 bridgehead atoms. The number of amides is 2. The molecule has 0 saturated carbocycles. The molecular weight excluding hydrogens is 396 g/mol. The Labute approximate surface area is 186 Å². The van der Waals surface area contributed by atoms with Crippen LogP contribution in [0.4, 0.5) is 0 Å². The molecule has 1 aliphatic heterocycles. The van der Waals surface area contributed by atoms with Crippen LogP contribution < -0.4 is 5.32 Å². The number of likely N-dealkylation sites (tertiary alicyclic amines) is 1. The van der Waals surface area contributed by atoms with Crippen LogP contribution in [0.25, 0.3) is 0 Å². The van der Waals surface area contributed by atoms with Gasteiger partial charge in [0.1, 0.15) is 6.04 Å². The summed E-state index contributed by atoms with van der Waals surface area (Å²) in [7, 11) is 0. The Balaban J connectivity index is 2.33. The standard InChI is InChI=1S/C24H40N2O5/c1-5-11-17-12-13-18-20(19(17)24(30)31-6-2)23(29)26(14-9-7-8-10-15-27)21(18)22(28)25-16(3)4/h12-13,16-21,27H,5-11,14-15H2,1-4H3,(H,25,28)/t17-,18+,19-,20+,21+/m1/s1. The molecule has 1 aliphatic carbocycles. The number of nitrogens with one attached hydrogen (secondary N) is 1. The van der Waals surface area contributed by atoms with Crippen LogP contribution in [0, 0.1) is 23.7 Å². The van der Waals surface area contributed by atoms with Crippen molar-refractivity contribution < 1.29 is 24.2 Å². The highest BCUT2D eigenvalue weighted by Gasteiger charge is 2.57. The Morgan fingerprint density at radius 1 is 1.16 bits per heavy atom. The number of aliphatic hydroxyl groups excluding tert-OH is 1. The first-order valence-electron chi connectivity index (χ1n) is 11.9. The van der Waals surface area contributed by atoms with Crippen molar-refractivity contribution in [1.82, 2.24) is 10.2 Å². The minimum absolute atomic E-state index is 0.0330. The van der Waals surface area contributed by atoms with E-state index in [-0.39, 0.29) is 48.9 Å². The van der Waals surface area contributed by atoms with Crippen molar-refractivity contribution in [1.29, 1.82) is 0 Å². The van der Waals surface area contributed by atoms with Gasteiger partial charge in [-0.1, -0.05) is 38.3 Å². The molecule has 5 atom stereocenters. The highest BCUT2D eigenvalue weighted by Crippen LogP contribution is 2.45. The van der Waals surface area contributed by atoms with E-state index < -0.39 is 17.9 Å². The molecule has 1 fully saturated rings. The minimum Gasteiger partial charge on any atom is -0.466 e. The van der Waals surface area contributed by atoms with E-state index in [1.807, 2.05) is 26.0 Å². The minimum atomic E-state index is -0.603. The lowest BCUT2D eigenvalue weighted by Crippen LogP contribution is -2.49. The molecule has 31 heavy (non-hydrogen) atoms. The van der Waals surface area contributed by atoms with E-state index in [4.69, 9.17) is 9.84 Å². The average Bonchev–Trinajstić information content (AvgIpc) is 2.99. The molecule has 0 aromatic carbocycles. The predicted octanol–water partition coefficient (Wildman–Crippen LogP) is 2.67. The van der Waals surface area contributed by atoms with E-state index in [0.29, 0.717) is 6.54 Å². The van der Waals surface area contributed by atoms with Crippen molar-refractivity contribution in [3.63, 3.8) is 0 Å². The van der Waals surface area contributed by atoms with E-state index in [0.717, 1.165) is 38.5 Å². The van der Waals surface area contributed by atoms with Crippen molar-refractivity contribution in [2.24, 2.45) is 23.7 Å². The molecule has 176 valence electrons. The van der Waals surface area contributed by atoms with Gasteiger partial charge in [-0.15, -0.1) is 0 Å². The maximum atomic E-state index is 13.6. The number of carbonyl (C=O) groups excluding carboxylic acids is 3. The van der Waals surface area contributed by atoms with Crippen LogP contribution >= 0.6 is 0 Å². The molecule has 2 rings (SSSR count). The number of esters is 1. The molecular formula is C24H40N2O5. The largest absolute Gasteiger partial charge is 0.466 e. The summed E-state index contributed by atoms with van der Waals surface area (Å²) < 4.78 is 5.37. The SMILES string of the molecule is CCC[C@@H]1C=C[C@H]2[C@H](C(=O)N(CCCCCCO)[C@@H]2C(=O)NC(C)C)[C@@H]1C(=O)OCC. The van der Waals surface area contributed by atoms with Gasteiger partial charge >= 0.3 is 5.97 Å². The number of hydrogen-bond donors (Lipinski definition) is 2. The molecule has 2 N–H and O–H groups in total. The van der Waals surface area contributed by atoms with E-state index in [1.165, 1.54) is 0 Å². The van der Waals surface area contributed by atoms with Crippen molar-refractivity contribution in [3.8, 4) is 0 Å². The molecule has 0 radical (unpaired) electrons. The maximum absolute atomic E-state index is 13.6. The molecule has 7 heteroatoms. The maximum Gasteiger partial charge on any atom is 0.310 e. The van der Waals surface area contributed by atoms with Gasteiger partial charge in [0.2, 0.25) is 11.8 Å². The first kappa shape index (κ1) is 25.4. The molecule has 1 saturated heterocycles. The van der Waals surface area contributed by atoms with Gasteiger partial charge in [0.15, 0.2) is 0 Å². The van der Waals surface area contributed by atoms with E-state index in [1.54, 1.807) is 11.8 Å². The van der Waals surface area contributed by atoms with Gasteiger partial charge in [-0.25, -0.2) is 0 Å². The number of nitrogens with zero attached hydrogens (tertiary/aromatic N) is 1. The zero-order valence-corrected chi connectivity index (χ0v) is 19.5. The second kappa shape index (κ2) is 12.2. The number of ether oxygens (including phenoxy) is 1. The van der Waals surface area contributed by atoms with Crippen LogP contribution in [0.15, 0.2) is 12.2 Å². The van der Waals surface area contributed by atoms with Gasteiger partial charge in [0.25, 0.3) is 0 Å². The zero-order valence-electron chi connectivity index (χ0n) is 19.5. The number of carbonyl (C=O) groups is 3. The van der Waals surface area contributed by atoms with Crippen LogP contribution in [0.1, 0.15) is 66.2 Å². The fraction of sp³-hybridized carbons (Fsp3) is 0.792. The first-order chi connectivity index (χ1) is 14.9. The second-order valence-electron chi connectivity index (χ2n) is 9.00. The van der Waals surface area contributed by atoms with Crippen molar-refractivity contribution in [2.45, 2.75) is 78.3 Å². The van der Waals surface area contributed by atoms with Gasteiger partial charge in [0.05, 0.1) is 18.4 Å². The van der Waals surface area contributed by atoms with Crippen molar-refractivity contribution >= 4 is 17.8 Å². The molecule has 2 aliphatic rings. The molecule has 7 nitrogen and oxygen atoms in total. The third kappa shape index (κ3) is 6.09. The fourth-order valence-electron chi connectivity index (χ4n) is 5.02. The quantitative estimate of drug-likeness (QED) is 0.279. The summed E-state index contributed by atoms with van der Waals surface area (Å²) in [6.45, 7) is 8.57. The summed E-state index contributed by atoms with van der Waals surface area (Å²) in [5, 5.41) is 12.0. The summed E-state index contributed by atoms with van der Waals surface area (Å²) in [6, 6.07) is -0.636. The third-order valence-corrected chi connectivity index (χ3v) is 6.30. The molecule has 0 spiro atoms. The van der Waals surface area contributed by atoms with Crippen LogP contribution in [0.5, 0.6) is 0 Å². The summed E-state index contributed by atoms with van der Waals surface area (Å²) in [4.78, 5) is 41.3. The van der Waals surface area contributed by atoms with Crippen LogP contribution in [-0.4, -0.2) is 59.6 Å². The lowest BCUT2D eigenvalue weighted by molar-refractivity contribution is -0.155. The summed E-state index contributed by atoms with van der Waals surface area (Å²) in [6.07, 6.45) is 9.01. The Morgan fingerprint density at radius 2 is 1.87 bits per heavy atom. The van der Waals surface area contributed by atoms with E-state index in [2.05, 4.69) is 12.2 Å². The van der Waals surface area contributed by atoms with Crippen LogP contribution in [-0.2, 0) is 19.1 Å². The average molecular weight is 437 g/mol. The lowest BCUT2D eigenvalue weighted by Gasteiger charge is -2.34. The smallest absolute Gasteiger partial charge is 0.310 e. The van der Waals surface area contributed by atoms with E-state index >= 15 is 0 Å². The van der Waals surface area contributed by atoms with Gasteiger partial charge in [0, 0.05) is 25.1 Å². The number of allylic oxidation sites excluding steroid dienone is 1. The lowest BCUT2D eigenvalue weighted by atomic mass is 9.69. The molecule has 0 aromatic rings. The third-order valence-electron chi connectivity index (χ3n) is 6.30. The molecule has 0 unspecified atom stereocenters. The number of rotatable bonds is 12. The molecule has 1 heterocycles. The number of fused-ring (bicyclic) bond motifs is 1. The van der Waals surface area contributed by atoms with Gasteiger partial charge in [-0.05, 0) is 46.0 Å². The molecule has 2 amide bonds. The number of hydrogen-bond acceptors (Lipinski definition) is 5. The Bertz CT molecular complexity index is 648. The van der Waals surface area contributed by atoms with Crippen LogP contribution in [0.2, 0.25) is 0 Å². The second-order valence-corrected chi connectivity index (χ2v) is 9.00. The first-order valence-corrected chi connectivity index (χ1v) is 11.9. The normalized spacial score (nSPS) is 27.5. The Kier molecular flexibility index (Phi) is 10.0. The van der Waals surface area contributed by atoms with E-state index in [9.17, 15) is 14.4 Å². The highest BCUT2D eigenvalue weighted by atomic mass is 16.5. The Morgan fingerprint density at radius 3 is 2.48 bits per heavy atom. The van der Waals surface area contributed by atoms with Gasteiger partial charge in [-0.2, -0.15) is 0 Å². The van der Waals surface area contributed by atoms with Gasteiger partial charge < -0.3 is 20.1 Å². The number of aliphatic hydroxyl groups is 1. The summed E-state index contributed by atoms with van der Waals surface area (Å²) in [5.41, 5.74) is 0. The fourth-order valence-corrected chi connectivity index (χ4v) is 5.02. The summed E-state index contributed by atoms with van der Waals surface area (Å²) >= 11 is 0. The van der Waals surface area contributed by atoms with Gasteiger partial charge in [-0.3, -0.25) is 14.4 Å². The summed E-state index contributed by atoms with van der Waals surface area (Å²) in [5.74, 6) is -2.08. The number of unbranched alkanes of at least 4 members (excludes halogenated alkanes) is 3. The topological polar surface area (TPSA) is 95.9 Å². The predicted molar refractivity (Wildman–Crippen MR) is 119 cm³/mol. The monoisotopic (exact) mass is 436 g/mol. The van der Waals surface area contributed by atoms with Crippen molar-refractivity contribution in [2.75, 3.05) is 19.8 Å².